The minimum atomic E-state index is -0.970. The van der Waals surface area contributed by atoms with Crippen molar-refractivity contribution < 1.29 is 33.7 Å². The van der Waals surface area contributed by atoms with Crippen molar-refractivity contribution in [1.29, 1.82) is 0 Å². The fourth-order valence-corrected chi connectivity index (χ4v) is 4.75. The maximum absolute atomic E-state index is 12.8. The van der Waals surface area contributed by atoms with Gasteiger partial charge in [0.2, 0.25) is 5.78 Å². The van der Waals surface area contributed by atoms with E-state index < -0.39 is 30.5 Å². The monoisotopic (exact) mass is 531 g/mol. The summed E-state index contributed by atoms with van der Waals surface area (Å²) in [5.41, 5.74) is 13.8. The molecule has 0 aromatic rings. The predicted molar refractivity (Wildman–Crippen MR) is 143 cm³/mol. The Morgan fingerprint density at radius 3 is 2.45 bits per heavy atom. The normalized spacial score (nSPS) is 33.8. The van der Waals surface area contributed by atoms with E-state index in [1.54, 1.807) is 38.2 Å². The van der Waals surface area contributed by atoms with E-state index in [1.165, 1.54) is 20.3 Å². The summed E-state index contributed by atoms with van der Waals surface area (Å²) >= 11 is 0. The van der Waals surface area contributed by atoms with Crippen LogP contribution < -0.4 is 16.8 Å². The molecule has 10 nitrogen and oxygen atoms in total. The Hall–Kier alpha value is -3.21. The maximum atomic E-state index is 12.8. The topological polar surface area (TPSA) is 163 Å². The van der Waals surface area contributed by atoms with Gasteiger partial charge in [-0.1, -0.05) is 38.2 Å². The van der Waals surface area contributed by atoms with Crippen molar-refractivity contribution >= 4 is 17.8 Å². The van der Waals surface area contributed by atoms with E-state index in [1.807, 2.05) is 13.8 Å². The van der Waals surface area contributed by atoms with Gasteiger partial charge in [-0.05, 0) is 43.8 Å². The van der Waals surface area contributed by atoms with Crippen molar-refractivity contribution in [3.63, 3.8) is 0 Å². The van der Waals surface area contributed by atoms with Gasteiger partial charge in [0.15, 0.2) is 6.10 Å². The summed E-state index contributed by atoms with van der Waals surface area (Å²) in [5.74, 6) is -1.07. The van der Waals surface area contributed by atoms with Crippen LogP contribution in [0.2, 0.25) is 0 Å². The molecule has 0 saturated heterocycles. The largest absolute Gasteiger partial charge is 0.439 e. The number of aliphatic hydroxyl groups excluding tert-OH is 1. The van der Waals surface area contributed by atoms with Crippen LogP contribution in [0, 0.1) is 11.8 Å². The number of carbonyl (C=O) groups is 3. The van der Waals surface area contributed by atoms with Gasteiger partial charge in [0, 0.05) is 43.9 Å². The molecule has 1 aliphatic heterocycles. The molecular weight excluding hydrogens is 490 g/mol. The Morgan fingerprint density at radius 2 is 1.84 bits per heavy atom. The highest BCUT2D eigenvalue weighted by Crippen LogP contribution is 2.29. The second-order valence-corrected chi connectivity index (χ2v) is 10.1. The van der Waals surface area contributed by atoms with Gasteiger partial charge < -0.3 is 36.1 Å². The van der Waals surface area contributed by atoms with Crippen LogP contribution in [0.15, 0.2) is 58.5 Å². The number of carbonyl (C=O) groups excluding carboxylic acids is 3. The van der Waals surface area contributed by atoms with Crippen LogP contribution in [0.5, 0.6) is 0 Å². The van der Waals surface area contributed by atoms with E-state index in [-0.39, 0.29) is 29.2 Å². The summed E-state index contributed by atoms with van der Waals surface area (Å²) in [6.45, 7) is 7.23. The van der Waals surface area contributed by atoms with Gasteiger partial charge in [0.05, 0.1) is 17.9 Å². The first-order valence-corrected chi connectivity index (χ1v) is 12.6. The number of allylic oxidation sites excluding steroid dienone is 4. The minimum absolute atomic E-state index is 0.0139. The van der Waals surface area contributed by atoms with E-state index in [0.717, 1.165) is 5.57 Å². The number of nitrogens with two attached hydrogens (primary N) is 2. The molecule has 2 aliphatic rings. The number of hydrogen-bond donors (Lipinski definition) is 4. The smallest absolute Gasteiger partial charge is 0.405 e. The highest BCUT2D eigenvalue weighted by atomic mass is 16.6. The number of primary amides is 1. The number of ether oxygens (including phenoxy) is 3. The lowest BCUT2D eigenvalue weighted by Gasteiger charge is -2.30. The molecule has 0 radical (unpaired) electrons. The second kappa shape index (κ2) is 14.1. The van der Waals surface area contributed by atoms with Crippen LogP contribution in [0.1, 0.15) is 47.0 Å². The average Bonchev–Trinajstić information content (AvgIpc) is 2.85. The Bertz CT molecular complexity index is 1060. The maximum Gasteiger partial charge on any atom is 0.405 e. The van der Waals surface area contributed by atoms with Crippen LogP contribution in [-0.2, 0) is 23.8 Å². The molecule has 0 aromatic carbocycles. The lowest BCUT2D eigenvalue weighted by Crippen LogP contribution is -2.37. The van der Waals surface area contributed by atoms with E-state index in [2.05, 4.69) is 5.32 Å². The number of amides is 2. The van der Waals surface area contributed by atoms with Crippen LogP contribution >= 0.6 is 0 Å². The Morgan fingerprint density at radius 1 is 1.16 bits per heavy atom. The van der Waals surface area contributed by atoms with E-state index in [9.17, 15) is 19.5 Å². The highest BCUT2D eigenvalue weighted by molar-refractivity contribution is 6.06. The van der Waals surface area contributed by atoms with Gasteiger partial charge in [-0.15, -0.1) is 0 Å². The summed E-state index contributed by atoms with van der Waals surface area (Å²) in [6.07, 6.45) is 5.40. The van der Waals surface area contributed by atoms with E-state index >= 15 is 0 Å². The van der Waals surface area contributed by atoms with Crippen molar-refractivity contribution in [2.45, 2.75) is 71.4 Å². The number of fused-ring (bicyclic) bond motifs is 2. The zero-order valence-corrected chi connectivity index (χ0v) is 23.0. The molecule has 1 aliphatic carbocycles. The van der Waals surface area contributed by atoms with Gasteiger partial charge in [-0.2, -0.15) is 0 Å². The molecule has 1 unspecified atom stereocenters. The molecule has 38 heavy (non-hydrogen) atoms. The van der Waals surface area contributed by atoms with Gasteiger partial charge in [-0.25, -0.2) is 4.79 Å². The first kappa shape index (κ1) is 31.0. The zero-order valence-electron chi connectivity index (χ0n) is 23.0. The van der Waals surface area contributed by atoms with E-state index in [4.69, 9.17) is 25.7 Å². The zero-order chi connectivity index (χ0) is 28.6. The number of rotatable bonds is 3. The molecule has 0 spiro atoms. The fraction of sp³-hybridized carbons (Fsp3) is 0.536. The summed E-state index contributed by atoms with van der Waals surface area (Å²) in [5, 5.41) is 13.9. The van der Waals surface area contributed by atoms with Gasteiger partial charge >= 0.3 is 6.09 Å². The molecule has 0 saturated carbocycles. The molecule has 2 rings (SSSR count). The predicted octanol–water partition coefficient (Wildman–Crippen LogP) is 2.54. The molecule has 0 aromatic heterocycles. The summed E-state index contributed by atoms with van der Waals surface area (Å²) in [6, 6.07) is 0. The molecule has 6 atom stereocenters. The number of aliphatic hydroxyl groups is 1. The van der Waals surface area contributed by atoms with Gasteiger partial charge in [0.25, 0.3) is 5.91 Å². The second-order valence-electron chi connectivity index (χ2n) is 10.1. The summed E-state index contributed by atoms with van der Waals surface area (Å²) < 4.78 is 16.5. The van der Waals surface area contributed by atoms with Crippen LogP contribution in [0.4, 0.5) is 4.79 Å². The Balaban J connectivity index is 2.52. The Labute approximate surface area is 224 Å². The number of methoxy groups -OCH3 is 2. The molecule has 0 fully saturated rings. The fourth-order valence-electron chi connectivity index (χ4n) is 4.75. The SMILES string of the molecule is CO[C@H]1/C=C\C=C(/C)C(=O)NC2=CC(=O)C(N)=C(C2)C[C@@H](C)C[C@H](OC)[C@H](O)C(C)/C=C(\C)[C@@H]1OC(N)=O. The first-order chi connectivity index (χ1) is 17.9. The molecule has 2 amide bonds. The minimum Gasteiger partial charge on any atom is -0.439 e. The van der Waals surface area contributed by atoms with Gasteiger partial charge in [-0.3, -0.25) is 9.59 Å². The Kier molecular flexibility index (Phi) is 11.5. The third-order valence-corrected chi connectivity index (χ3v) is 6.87. The standard InChI is InChI=1S/C28H41N3O7/c1-15-10-19-13-20(14-21(32)24(19)29)31-27(34)16(2)8-7-9-22(36-5)26(38-28(30)35)18(4)12-17(3)25(33)23(11-15)37-6/h7-9,12,14-15,17,22-23,25-26,33H,10-11,13,29H2,1-6H3,(H2,30,35)(H,31,34)/b9-7-,16-8+,18-12+/t15-,17?,22+,23+,25-,26+/m1/s1. The van der Waals surface area contributed by atoms with Crippen LogP contribution in [-0.4, -0.2) is 61.5 Å². The molecule has 2 bridgehead atoms. The quantitative estimate of drug-likeness (QED) is 0.404. The number of nitrogens with one attached hydrogen (secondary N) is 1. The first-order valence-electron chi connectivity index (χ1n) is 12.6. The van der Waals surface area contributed by atoms with Crippen molar-refractivity contribution in [3.8, 4) is 0 Å². The molecule has 10 heteroatoms. The van der Waals surface area contributed by atoms with E-state index in [0.29, 0.717) is 36.1 Å². The van der Waals surface area contributed by atoms with Crippen LogP contribution in [0.3, 0.4) is 0 Å². The third-order valence-electron chi connectivity index (χ3n) is 6.87. The number of ketones is 1. The molecule has 1 heterocycles. The molecule has 210 valence electrons. The van der Waals surface area contributed by atoms with Crippen molar-refractivity contribution in [2.24, 2.45) is 23.3 Å². The third kappa shape index (κ3) is 8.41. The van der Waals surface area contributed by atoms with Gasteiger partial charge in [0.1, 0.15) is 6.10 Å². The van der Waals surface area contributed by atoms with Crippen molar-refractivity contribution in [2.75, 3.05) is 14.2 Å². The summed E-state index contributed by atoms with van der Waals surface area (Å²) in [7, 11) is 3.00. The van der Waals surface area contributed by atoms with Crippen molar-refractivity contribution in [1.82, 2.24) is 5.32 Å². The lowest BCUT2D eigenvalue weighted by molar-refractivity contribution is -0.116. The lowest BCUT2D eigenvalue weighted by atomic mass is 9.85. The number of hydrogen-bond acceptors (Lipinski definition) is 8. The van der Waals surface area contributed by atoms with Crippen molar-refractivity contribution in [3.05, 3.63) is 58.5 Å². The molecule has 6 N–H and O–H groups in total. The highest BCUT2D eigenvalue weighted by Gasteiger charge is 2.30. The van der Waals surface area contributed by atoms with Crippen LogP contribution in [0.25, 0.3) is 0 Å². The average molecular weight is 532 g/mol. The molecular formula is C28H41N3O7. The summed E-state index contributed by atoms with van der Waals surface area (Å²) in [4.78, 5) is 37.0.